The van der Waals surface area contributed by atoms with Gasteiger partial charge in [-0.3, -0.25) is 37.3 Å². The van der Waals surface area contributed by atoms with Gasteiger partial charge in [-0.1, -0.05) is 348 Å². The van der Waals surface area contributed by atoms with E-state index in [-0.39, 0.29) is 25.7 Å². The largest absolute Gasteiger partial charge is 0.472 e. The first-order valence-electron chi connectivity index (χ1n) is 41.0. The quantitative estimate of drug-likeness (QED) is 0.0169. The molecule has 2 unspecified atom stereocenters. The lowest BCUT2D eigenvalue weighted by Crippen LogP contribution is -2.30. The Balaban J connectivity index is 5.30. The molecule has 584 valence electrons. The van der Waals surface area contributed by atoms with Crippen LogP contribution in [-0.4, -0.2) is 96.7 Å². The molecule has 3 N–H and O–H groups in total. The highest BCUT2D eigenvalue weighted by atomic mass is 31.2. The zero-order valence-corrected chi connectivity index (χ0v) is 65.9. The van der Waals surface area contributed by atoms with E-state index in [4.69, 9.17) is 37.0 Å². The lowest BCUT2D eigenvalue weighted by Gasteiger charge is -2.21. The summed E-state index contributed by atoms with van der Waals surface area (Å²) in [4.78, 5) is 73.0. The second kappa shape index (κ2) is 72.5. The number of aliphatic hydroxyl groups excluding tert-OH is 1. The highest BCUT2D eigenvalue weighted by Crippen LogP contribution is 2.45. The summed E-state index contributed by atoms with van der Waals surface area (Å²) in [6, 6.07) is 0. The highest BCUT2D eigenvalue weighted by Gasteiger charge is 2.30. The smallest absolute Gasteiger partial charge is 0.462 e. The van der Waals surface area contributed by atoms with Crippen LogP contribution in [0.2, 0.25) is 0 Å². The van der Waals surface area contributed by atoms with Gasteiger partial charge in [-0.05, 0) is 57.3 Å². The van der Waals surface area contributed by atoms with Crippen molar-refractivity contribution >= 4 is 39.5 Å². The Morgan fingerprint density at radius 1 is 0.313 bits per heavy atom. The van der Waals surface area contributed by atoms with Crippen LogP contribution in [0.1, 0.15) is 401 Å². The fraction of sp³-hybridized carbons (Fsp3) is 0.900. The SMILES string of the molecule is CCCCCC/C=C\C=C/CCCCCCCC(=O)O[C@H](COC(=O)CCCCCCCCCCCC(C)C)COP(=O)(O)OC[C@H](O)COP(=O)(O)OC[C@@H](COC(=O)CCCCCCCCCCCCCCCCCC)OC(=O)CCCCCCCCCCCCCCCCCC. The third-order valence-electron chi connectivity index (χ3n) is 18.2. The molecule has 0 fully saturated rings. The minimum absolute atomic E-state index is 0.0851. The first-order valence-corrected chi connectivity index (χ1v) is 43.9. The topological polar surface area (TPSA) is 237 Å². The van der Waals surface area contributed by atoms with Gasteiger partial charge < -0.3 is 33.8 Å². The lowest BCUT2D eigenvalue weighted by molar-refractivity contribution is -0.161. The first-order chi connectivity index (χ1) is 48.0. The van der Waals surface area contributed by atoms with Gasteiger partial charge in [0.15, 0.2) is 12.2 Å². The molecule has 0 amide bonds. The normalized spacial score (nSPS) is 14.0. The van der Waals surface area contributed by atoms with Crippen molar-refractivity contribution in [3.8, 4) is 0 Å². The summed E-state index contributed by atoms with van der Waals surface area (Å²) in [6.45, 7) is 7.24. The summed E-state index contributed by atoms with van der Waals surface area (Å²) in [5, 5.41) is 10.6. The maximum atomic E-state index is 13.1. The predicted molar refractivity (Wildman–Crippen MR) is 404 cm³/mol. The van der Waals surface area contributed by atoms with E-state index in [1.54, 1.807) is 0 Å². The van der Waals surface area contributed by atoms with Gasteiger partial charge in [0.1, 0.15) is 19.3 Å². The van der Waals surface area contributed by atoms with Gasteiger partial charge in [-0.15, -0.1) is 0 Å². The molecule has 0 aliphatic heterocycles. The minimum atomic E-state index is -4.97. The van der Waals surface area contributed by atoms with Crippen LogP contribution in [0, 0.1) is 5.92 Å². The number of phosphoric ester groups is 2. The van der Waals surface area contributed by atoms with Gasteiger partial charge in [0.25, 0.3) is 0 Å². The van der Waals surface area contributed by atoms with E-state index < -0.39 is 97.5 Å². The van der Waals surface area contributed by atoms with E-state index in [9.17, 15) is 43.2 Å². The van der Waals surface area contributed by atoms with Crippen LogP contribution < -0.4 is 0 Å². The molecule has 0 saturated carbocycles. The molecule has 0 spiro atoms. The third kappa shape index (κ3) is 73.6. The van der Waals surface area contributed by atoms with Crippen molar-refractivity contribution in [1.82, 2.24) is 0 Å². The predicted octanol–water partition coefficient (Wildman–Crippen LogP) is 23.6. The lowest BCUT2D eigenvalue weighted by atomic mass is 10.0. The van der Waals surface area contributed by atoms with Gasteiger partial charge >= 0.3 is 39.5 Å². The second-order valence-corrected chi connectivity index (χ2v) is 31.5. The van der Waals surface area contributed by atoms with Gasteiger partial charge in [0, 0.05) is 25.7 Å². The fourth-order valence-corrected chi connectivity index (χ4v) is 13.4. The minimum Gasteiger partial charge on any atom is -0.462 e. The molecular formula is C80H152O17P2. The number of carbonyl (C=O) groups is 4. The number of rotatable bonds is 78. The molecule has 99 heavy (non-hydrogen) atoms. The summed E-state index contributed by atoms with van der Waals surface area (Å²) in [5.41, 5.74) is 0. The zero-order chi connectivity index (χ0) is 72.7. The molecule has 0 heterocycles. The maximum Gasteiger partial charge on any atom is 0.472 e. The molecule has 0 aliphatic rings. The number of unbranched alkanes of at least 4 members (excludes halogenated alkanes) is 47. The Bertz CT molecular complexity index is 1990. The monoisotopic (exact) mass is 1450 g/mol. The average Bonchev–Trinajstić information content (AvgIpc) is 1.12. The number of ether oxygens (including phenoxy) is 4. The van der Waals surface area contributed by atoms with Crippen molar-refractivity contribution in [3.05, 3.63) is 24.3 Å². The number of hydrogen-bond donors (Lipinski definition) is 3. The van der Waals surface area contributed by atoms with Crippen LogP contribution in [0.4, 0.5) is 0 Å². The van der Waals surface area contributed by atoms with Crippen LogP contribution in [0.3, 0.4) is 0 Å². The van der Waals surface area contributed by atoms with Gasteiger partial charge in [-0.25, -0.2) is 9.13 Å². The Hall–Kier alpha value is -2.46. The number of esters is 4. The molecule has 19 heteroatoms. The van der Waals surface area contributed by atoms with E-state index in [0.717, 1.165) is 109 Å². The molecule has 0 radical (unpaired) electrons. The summed E-state index contributed by atoms with van der Waals surface area (Å²) < 4.78 is 68.7. The summed E-state index contributed by atoms with van der Waals surface area (Å²) in [7, 11) is -9.93. The Kier molecular flexibility index (Phi) is 70.7. The van der Waals surface area contributed by atoms with E-state index in [2.05, 4.69) is 58.9 Å². The Labute approximate surface area is 605 Å². The number of hydrogen-bond acceptors (Lipinski definition) is 15. The van der Waals surface area contributed by atoms with Crippen molar-refractivity contribution in [2.45, 2.75) is 419 Å². The van der Waals surface area contributed by atoms with Crippen LogP contribution >= 0.6 is 15.6 Å². The first kappa shape index (κ1) is 96.5. The van der Waals surface area contributed by atoms with Gasteiger partial charge in [-0.2, -0.15) is 0 Å². The molecule has 0 saturated heterocycles. The average molecular weight is 1450 g/mol. The fourth-order valence-electron chi connectivity index (χ4n) is 11.9. The number of phosphoric acid groups is 2. The second-order valence-electron chi connectivity index (χ2n) is 28.6. The molecule has 17 nitrogen and oxygen atoms in total. The Morgan fingerprint density at radius 3 is 0.828 bits per heavy atom. The van der Waals surface area contributed by atoms with Crippen LogP contribution in [0.25, 0.3) is 0 Å². The summed E-state index contributed by atoms with van der Waals surface area (Å²) in [5.74, 6) is -1.40. The standard InChI is InChI=1S/C80H152O17P2/c1-6-9-12-15-18-21-24-27-30-33-35-38-43-48-53-58-63-77(82)90-69-75(96-80(85)66-61-56-51-45-40-37-34-31-28-25-22-19-16-13-10-7-2)71-94-98(86,87)92-67-74(81)68-93-99(88,89)95-72-76(70-91-78(83)64-59-54-49-46-41-42-47-52-57-62-73(4)5)97-79(84)65-60-55-50-44-39-36-32-29-26-23-20-17-14-11-8-3/h23,26,29,32,73-76,81H,6-22,24-25,27-28,30-31,33-72H2,1-5H3,(H,86,87)(H,88,89)/b26-23-,32-29-/t74-,75-,76-/m1/s1. The maximum absolute atomic E-state index is 13.1. The molecule has 0 rings (SSSR count). The number of carbonyl (C=O) groups excluding carboxylic acids is 4. The van der Waals surface area contributed by atoms with Crippen molar-refractivity contribution < 1.29 is 80.2 Å². The van der Waals surface area contributed by atoms with Crippen LogP contribution in [0.5, 0.6) is 0 Å². The zero-order valence-electron chi connectivity index (χ0n) is 64.1. The molecule has 0 aromatic rings. The van der Waals surface area contributed by atoms with Gasteiger partial charge in [0.2, 0.25) is 0 Å². The van der Waals surface area contributed by atoms with E-state index in [0.29, 0.717) is 25.7 Å². The molecule has 0 bridgehead atoms. The van der Waals surface area contributed by atoms with Crippen molar-refractivity contribution in [3.63, 3.8) is 0 Å². The van der Waals surface area contributed by atoms with E-state index in [1.165, 1.54) is 212 Å². The molecule has 0 aromatic heterocycles. The Morgan fingerprint density at radius 2 is 0.545 bits per heavy atom. The van der Waals surface area contributed by atoms with E-state index >= 15 is 0 Å². The van der Waals surface area contributed by atoms with Crippen molar-refractivity contribution in [2.24, 2.45) is 5.92 Å². The summed E-state index contributed by atoms with van der Waals surface area (Å²) >= 11 is 0. The van der Waals surface area contributed by atoms with Gasteiger partial charge in [0.05, 0.1) is 26.4 Å². The molecule has 5 atom stereocenters. The molecule has 0 aromatic carbocycles. The summed E-state index contributed by atoms with van der Waals surface area (Å²) in [6.07, 6.45) is 65.9. The number of aliphatic hydroxyl groups is 1. The highest BCUT2D eigenvalue weighted by molar-refractivity contribution is 7.47. The molecular weight excluding hydrogens is 1290 g/mol. The van der Waals surface area contributed by atoms with Crippen molar-refractivity contribution in [1.29, 1.82) is 0 Å². The molecule has 0 aliphatic carbocycles. The number of allylic oxidation sites excluding steroid dienone is 4. The van der Waals surface area contributed by atoms with Crippen LogP contribution in [0.15, 0.2) is 24.3 Å². The van der Waals surface area contributed by atoms with Crippen LogP contribution in [-0.2, 0) is 65.4 Å². The van der Waals surface area contributed by atoms with Crippen molar-refractivity contribution in [2.75, 3.05) is 39.6 Å². The van der Waals surface area contributed by atoms with E-state index in [1.807, 2.05) is 0 Å². The third-order valence-corrected chi connectivity index (χ3v) is 20.1.